The maximum Gasteiger partial charge on any atom is 0.264 e. The van der Waals surface area contributed by atoms with Crippen molar-refractivity contribution in [1.29, 1.82) is 0 Å². The molecule has 7 heteroatoms. The second-order valence-corrected chi connectivity index (χ2v) is 10.1. The lowest BCUT2D eigenvalue weighted by molar-refractivity contribution is -0.129. The monoisotopic (exact) mass is 463 g/mol. The molecule has 0 unspecified atom stereocenters. The van der Waals surface area contributed by atoms with Gasteiger partial charge in [-0.25, -0.2) is 8.42 Å². The summed E-state index contributed by atoms with van der Waals surface area (Å²) < 4.78 is 28.5. The highest BCUT2D eigenvalue weighted by molar-refractivity contribution is 7.92. The molecule has 1 heterocycles. The first-order valence-electron chi connectivity index (χ1n) is 11.1. The Kier molecular flexibility index (Phi) is 6.70. The topological polar surface area (TPSA) is 60.9 Å². The summed E-state index contributed by atoms with van der Waals surface area (Å²) >= 11 is 0. The van der Waals surface area contributed by atoms with Gasteiger partial charge in [-0.05, 0) is 55.3 Å². The highest BCUT2D eigenvalue weighted by Gasteiger charge is 2.31. The minimum atomic E-state index is -3.91. The number of carbonyl (C=O) groups excluding carboxylic acids is 1. The van der Waals surface area contributed by atoms with Gasteiger partial charge in [0.15, 0.2) is 0 Å². The second-order valence-electron chi connectivity index (χ2n) is 8.25. The van der Waals surface area contributed by atoms with Gasteiger partial charge in [0.1, 0.15) is 6.54 Å². The SMILES string of the molecule is Cc1cccc(N(CC(=O)N2CCN(c3ccccc3)CC2)S(=O)(=O)c2ccccc2)c1C. The van der Waals surface area contributed by atoms with Crippen LogP contribution in [0.2, 0.25) is 0 Å². The van der Waals surface area contributed by atoms with Crippen LogP contribution in [-0.2, 0) is 14.8 Å². The molecule has 1 fully saturated rings. The summed E-state index contributed by atoms with van der Waals surface area (Å²) in [6, 6.07) is 23.9. The molecule has 0 aromatic heterocycles. The lowest BCUT2D eigenvalue weighted by Gasteiger charge is -2.37. The van der Waals surface area contributed by atoms with E-state index < -0.39 is 10.0 Å². The van der Waals surface area contributed by atoms with Gasteiger partial charge in [-0.15, -0.1) is 0 Å². The van der Waals surface area contributed by atoms with Crippen LogP contribution in [0.1, 0.15) is 11.1 Å². The van der Waals surface area contributed by atoms with Gasteiger partial charge < -0.3 is 9.80 Å². The van der Waals surface area contributed by atoms with Crippen LogP contribution in [-0.4, -0.2) is 51.9 Å². The molecule has 1 amide bonds. The van der Waals surface area contributed by atoms with Crippen LogP contribution in [0.15, 0.2) is 83.8 Å². The Balaban J connectivity index is 1.57. The molecule has 0 bridgehead atoms. The van der Waals surface area contributed by atoms with Crippen molar-refractivity contribution in [3.8, 4) is 0 Å². The van der Waals surface area contributed by atoms with Gasteiger partial charge >= 0.3 is 0 Å². The van der Waals surface area contributed by atoms with Gasteiger partial charge in [0.05, 0.1) is 10.6 Å². The predicted octanol–water partition coefficient (Wildman–Crippen LogP) is 3.85. The molecule has 0 saturated carbocycles. The zero-order valence-electron chi connectivity index (χ0n) is 19.0. The lowest BCUT2D eigenvalue weighted by atomic mass is 10.1. The smallest absolute Gasteiger partial charge is 0.264 e. The minimum absolute atomic E-state index is 0.174. The van der Waals surface area contributed by atoms with Crippen molar-refractivity contribution >= 4 is 27.3 Å². The normalized spacial score (nSPS) is 14.2. The summed E-state index contributed by atoms with van der Waals surface area (Å²) in [5.41, 5.74) is 3.49. The fourth-order valence-electron chi connectivity index (χ4n) is 4.10. The van der Waals surface area contributed by atoms with E-state index in [2.05, 4.69) is 17.0 Å². The first-order chi connectivity index (χ1) is 15.9. The zero-order valence-corrected chi connectivity index (χ0v) is 19.8. The van der Waals surface area contributed by atoms with E-state index in [0.717, 1.165) is 16.8 Å². The summed E-state index contributed by atoms with van der Waals surface area (Å²) in [5, 5.41) is 0. The molecule has 6 nitrogen and oxygen atoms in total. The molecule has 3 aromatic rings. The van der Waals surface area contributed by atoms with Crippen LogP contribution < -0.4 is 9.21 Å². The van der Waals surface area contributed by atoms with Crippen LogP contribution in [0.4, 0.5) is 11.4 Å². The van der Waals surface area contributed by atoms with E-state index in [-0.39, 0.29) is 17.3 Å². The molecule has 33 heavy (non-hydrogen) atoms. The highest BCUT2D eigenvalue weighted by Crippen LogP contribution is 2.29. The highest BCUT2D eigenvalue weighted by atomic mass is 32.2. The summed E-state index contributed by atoms with van der Waals surface area (Å²) in [4.78, 5) is 17.5. The number of piperazine rings is 1. The molecule has 0 atom stereocenters. The van der Waals surface area contributed by atoms with E-state index in [9.17, 15) is 13.2 Å². The van der Waals surface area contributed by atoms with E-state index >= 15 is 0 Å². The largest absolute Gasteiger partial charge is 0.368 e. The van der Waals surface area contributed by atoms with Crippen LogP contribution in [0.5, 0.6) is 0 Å². The van der Waals surface area contributed by atoms with Gasteiger partial charge in [0.25, 0.3) is 10.0 Å². The van der Waals surface area contributed by atoms with Crippen molar-refractivity contribution in [2.75, 3.05) is 41.9 Å². The lowest BCUT2D eigenvalue weighted by Crippen LogP contribution is -2.52. The average Bonchev–Trinajstić information content (AvgIpc) is 2.85. The van der Waals surface area contributed by atoms with E-state index in [1.807, 2.05) is 44.2 Å². The number of hydrogen-bond donors (Lipinski definition) is 0. The minimum Gasteiger partial charge on any atom is -0.368 e. The fraction of sp³-hybridized carbons (Fsp3) is 0.269. The number of nitrogens with zero attached hydrogens (tertiary/aromatic N) is 3. The average molecular weight is 464 g/mol. The van der Waals surface area contributed by atoms with Gasteiger partial charge in [-0.3, -0.25) is 9.10 Å². The maximum absolute atomic E-state index is 13.6. The Morgan fingerprint density at radius 1 is 0.818 bits per heavy atom. The standard InChI is InChI=1S/C26H29N3O3S/c1-21-10-9-15-25(22(21)2)29(33(31,32)24-13-7-4-8-14-24)20-26(30)28-18-16-27(17-19-28)23-11-5-3-6-12-23/h3-15H,16-20H2,1-2H3. The van der Waals surface area contributed by atoms with Crippen molar-refractivity contribution in [1.82, 2.24) is 4.90 Å². The Morgan fingerprint density at radius 2 is 1.42 bits per heavy atom. The molecule has 3 aromatic carbocycles. The number of benzene rings is 3. The molecule has 0 spiro atoms. The number of carbonyl (C=O) groups is 1. The predicted molar refractivity (Wildman–Crippen MR) is 132 cm³/mol. The quantitative estimate of drug-likeness (QED) is 0.557. The van der Waals surface area contributed by atoms with E-state index in [1.54, 1.807) is 41.3 Å². The van der Waals surface area contributed by atoms with Gasteiger partial charge in [0, 0.05) is 31.9 Å². The molecule has 1 aliphatic heterocycles. The third-order valence-corrected chi connectivity index (χ3v) is 7.98. The Labute approximate surface area is 196 Å². The Morgan fingerprint density at radius 3 is 2.06 bits per heavy atom. The third-order valence-electron chi connectivity index (χ3n) is 6.21. The molecule has 0 aliphatic carbocycles. The molecular weight excluding hydrogens is 434 g/mol. The van der Waals surface area contributed by atoms with Gasteiger partial charge in [-0.1, -0.05) is 48.5 Å². The zero-order chi connectivity index (χ0) is 23.4. The molecule has 4 rings (SSSR count). The summed E-state index contributed by atoms with van der Waals surface area (Å²) in [5.74, 6) is -0.192. The first-order valence-corrected chi connectivity index (χ1v) is 12.5. The molecule has 172 valence electrons. The number of rotatable bonds is 6. The maximum atomic E-state index is 13.6. The second kappa shape index (κ2) is 9.67. The van der Waals surface area contributed by atoms with Crippen molar-refractivity contribution in [2.24, 2.45) is 0 Å². The van der Waals surface area contributed by atoms with Crippen molar-refractivity contribution in [3.63, 3.8) is 0 Å². The number of hydrogen-bond acceptors (Lipinski definition) is 4. The Hall–Kier alpha value is -3.32. The third kappa shape index (κ3) is 4.88. The summed E-state index contributed by atoms with van der Waals surface area (Å²) in [6.07, 6.45) is 0. The van der Waals surface area contributed by atoms with Gasteiger partial charge in [0.2, 0.25) is 5.91 Å². The number of amides is 1. The molecule has 1 saturated heterocycles. The number of sulfonamides is 1. The van der Waals surface area contributed by atoms with Crippen molar-refractivity contribution < 1.29 is 13.2 Å². The Bertz CT molecular complexity index is 1210. The molecular formula is C26H29N3O3S. The molecule has 1 aliphatic rings. The van der Waals surface area contributed by atoms with Crippen molar-refractivity contribution in [2.45, 2.75) is 18.7 Å². The number of para-hydroxylation sites is 1. The van der Waals surface area contributed by atoms with Crippen LogP contribution in [0.3, 0.4) is 0 Å². The van der Waals surface area contributed by atoms with E-state index in [0.29, 0.717) is 31.9 Å². The number of anilines is 2. The fourth-order valence-corrected chi connectivity index (χ4v) is 5.59. The molecule has 0 N–H and O–H groups in total. The van der Waals surface area contributed by atoms with Crippen LogP contribution >= 0.6 is 0 Å². The van der Waals surface area contributed by atoms with E-state index in [1.165, 1.54) is 4.31 Å². The number of aryl methyl sites for hydroxylation is 1. The van der Waals surface area contributed by atoms with E-state index in [4.69, 9.17) is 0 Å². The van der Waals surface area contributed by atoms with Gasteiger partial charge in [-0.2, -0.15) is 0 Å². The van der Waals surface area contributed by atoms with Crippen molar-refractivity contribution in [3.05, 3.63) is 90.0 Å². The summed E-state index contributed by atoms with van der Waals surface area (Å²) in [7, 11) is -3.91. The first kappa shape index (κ1) is 22.9. The van der Waals surface area contributed by atoms with Crippen LogP contribution in [0, 0.1) is 13.8 Å². The molecule has 0 radical (unpaired) electrons. The summed E-state index contributed by atoms with van der Waals surface area (Å²) in [6.45, 7) is 6.14. The van der Waals surface area contributed by atoms with Crippen LogP contribution in [0.25, 0.3) is 0 Å².